The van der Waals surface area contributed by atoms with E-state index in [1.807, 2.05) is 0 Å². The Kier molecular flexibility index (Phi) is 9.51. The van der Waals surface area contributed by atoms with Gasteiger partial charge in [0.15, 0.2) is 0 Å². The molecular formula is C14H21Br3S. The number of rotatable bonds is 9. The Morgan fingerprint density at radius 3 is 2.22 bits per heavy atom. The van der Waals surface area contributed by atoms with Crippen molar-refractivity contribution in [2.75, 3.05) is 0 Å². The maximum absolute atomic E-state index is 3.80. The van der Waals surface area contributed by atoms with Crippen LogP contribution in [0, 0.1) is 0 Å². The van der Waals surface area contributed by atoms with Crippen molar-refractivity contribution in [1.82, 2.24) is 0 Å². The predicted octanol–water partition coefficient (Wildman–Crippen LogP) is 7.85. The highest BCUT2D eigenvalue weighted by molar-refractivity contribution is 9.12. The van der Waals surface area contributed by atoms with Gasteiger partial charge in [-0.3, -0.25) is 0 Å². The van der Waals surface area contributed by atoms with Crippen LogP contribution in [-0.4, -0.2) is 0 Å². The minimum Gasteiger partial charge on any atom is -0.121 e. The van der Waals surface area contributed by atoms with Crippen LogP contribution in [0.3, 0.4) is 0 Å². The molecule has 0 nitrogen and oxygen atoms in total. The second-order valence-electron chi connectivity index (χ2n) is 4.66. The lowest BCUT2D eigenvalue weighted by atomic mass is 10.1. The fourth-order valence-corrected chi connectivity index (χ4v) is 6.12. The summed E-state index contributed by atoms with van der Waals surface area (Å²) < 4.78 is 2.45. The Labute approximate surface area is 140 Å². The lowest BCUT2D eigenvalue weighted by molar-refractivity contribution is 0.574. The Morgan fingerprint density at radius 1 is 1.06 bits per heavy atom. The molecule has 0 aliphatic rings. The van der Waals surface area contributed by atoms with Gasteiger partial charge in [-0.15, -0.1) is 11.3 Å². The molecule has 0 aliphatic carbocycles. The third-order valence-electron chi connectivity index (χ3n) is 3.08. The molecule has 0 amide bonds. The average Bonchev–Trinajstić information content (AvgIpc) is 2.67. The van der Waals surface area contributed by atoms with E-state index in [1.165, 1.54) is 64.5 Å². The summed E-state index contributed by atoms with van der Waals surface area (Å²) in [5.41, 5.74) is 1.39. The fraction of sp³-hybridized carbons (Fsp3) is 0.714. The Hall–Kier alpha value is 1.14. The summed E-state index contributed by atoms with van der Waals surface area (Å²) in [6.07, 6.45) is 10.9. The quantitative estimate of drug-likeness (QED) is 0.260. The van der Waals surface area contributed by atoms with Gasteiger partial charge in [-0.25, -0.2) is 0 Å². The lowest BCUT2D eigenvalue weighted by Gasteiger charge is -2.08. The topological polar surface area (TPSA) is 0 Å². The number of hydrogen-bond acceptors (Lipinski definition) is 1. The highest BCUT2D eigenvalue weighted by Gasteiger charge is 2.13. The molecule has 104 valence electrons. The first-order chi connectivity index (χ1) is 8.65. The summed E-state index contributed by atoms with van der Waals surface area (Å²) in [7, 11) is 0. The molecule has 0 N–H and O–H groups in total. The highest BCUT2D eigenvalue weighted by atomic mass is 79.9. The van der Waals surface area contributed by atoms with Crippen molar-refractivity contribution in [3.05, 3.63) is 19.2 Å². The number of thiophene rings is 1. The summed E-state index contributed by atoms with van der Waals surface area (Å²) in [6, 6.07) is 2.22. The van der Waals surface area contributed by atoms with Crippen LogP contribution in [-0.2, 0) is 0 Å². The van der Waals surface area contributed by atoms with Crippen molar-refractivity contribution >= 4 is 59.1 Å². The van der Waals surface area contributed by atoms with Crippen molar-refractivity contribution in [2.24, 2.45) is 0 Å². The SMILES string of the molecule is CCCCCCCCCC(Br)c1cc(Br)sc1Br. The first-order valence-corrected chi connectivity index (χ1v) is 10.1. The standard InChI is InChI=1S/C14H21Br3S/c1-2-3-4-5-6-7-8-9-12(15)11-10-13(16)18-14(11)17/h10,12H,2-9H2,1H3. The summed E-state index contributed by atoms with van der Waals surface area (Å²) in [4.78, 5) is 0.491. The van der Waals surface area contributed by atoms with Gasteiger partial charge in [0.2, 0.25) is 0 Å². The van der Waals surface area contributed by atoms with Crippen molar-refractivity contribution in [3.63, 3.8) is 0 Å². The van der Waals surface area contributed by atoms with Crippen LogP contribution in [0.25, 0.3) is 0 Å². The average molecular weight is 461 g/mol. The zero-order valence-corrected chi connectivity index (χ0v) is 16.4. The van der Waals surface area contributed by atoms with Gasteiger partial charge >= 0.3 is 0 Å². The summed E-state index contributed by atoms with van der Waals surface area (Å²) in [5.74, 6) is 0. The van der Waals surface area contributed by atoms with Crippen molar-refractivity contribution in [1.29, 1.82) is 0 Å². The molecule has 0 spiro atoms. The van der Waals surface area contributed by atoms with Crippen molar-refractivity contribution in [2.45, 2.75) is 63.1 Å². The third kappa shape index (κ3) is 6.53. The minimum atomic E-state index is 0.491. The molecule has 0 saturated heterocycles. The number of halogens is 3. The molecule has 18 heavy (non-hydrogen) atoms. The van der Waals surface area contributed by atoms with E-state index < -0.39 is 0 Å². The summed E-state index contributed by atoms with van der Waals surface area (Å²) >= 11 is 12.7. The van der Waals surface area contributed by atoms with Crippen LogP contribution in [0.1, 0.15) is 68.7 Å². The zero-order chi connectivity index (χ0) is 13.4. The maximum Gasteiger partial charge on any atom is 0.0753 e. The second-order valence-corrected chi connectivity index (χ2v) is 9.51. The van der Waals surface area contributed by atoms with E-state index in [1.54, 1.807) is 11.3 Å². The van der Waals surface area contributed by atoms with E-state index in [4.69, 9.17) is 0 Å². The Bertz CT molecular complexity index is 336. The van der Waals surface area contributed by atoms with E-state index in [9.17, 15) is 0 Å². The van der Waals surface area contributed by atoms with Crippen LogP contribution in [0.15, 0.2) is 13.6 Å². The molecule has 0 aliphatic heterocycles. The van der Waals surface area contributed by atoms with Gasteiger partial charge < -0.3 is 0 Å². The molecule has 1 heterocycles. The lowest BCUT2D eigenvalue weighted by Crippen LogP contribution is -1.89. The molecule has 1 aromatic heterocycles. The highest BCUT2D eigenvalue weighted by Crippen LogP contribution is 2.40. The molecule has 0 aromatic carbocycles. The molecule has 4 heteroatoms. The molecule has 1 aromatic rings. The van der Waals surface area contributed by atoms with Crippen LogP contribution in [0.5, 0.6) is 0 Å². The van der Waals surface area contributed by atoms with E-state index in [-0.39, 0.29) is 0 Å². The number of unbranched alkanes of at least 4 members (excludes halogenated alkanes) is 6. The number of hydrogen-bond donors (Lipinski definition) is 0. The van der Waals surface area contributed by atoms with Gasteiger partial charge in [0.1, 0.15) is 0 Å². The van der Waals surface area contributed by atoms with Crippen LogP contribution in [0.4, 0.5) is 0 Å². The largest absolute Gasteiger partial charge is 0.121 e. The molecule has 1 rings (SSSR count). The van der Waals surface area contributed by atoms with Gasteiger partial charge in [0.25, 0.3) is 0 Å². The van der Waals surface area contributed by atoms with Gasteiger partial charge in [0.05, 0.1) is 7.57 Å². The van der Waals surface area contributed by atoms with E-state index >= 15 is 0 Å². The molecule has 0 radical (unpaired) electrons. The van der Waals surface area contributed by atoms with Gasteiger partial charge in [-0.1, -0.05) is 67.8 Å². The van der Waals surface area contributed by atoms with E-state index in [0.717, 1.165) is 0 Å². The van der Waals surface area contributed by atoms with Gasteiger partial charge in [-0.2, -0.15) is 0 Å². The molecule has 0 saturated carbocycles. The Morgan fingerprint density at radius 2 is 1.67 bits per heavy atom. The zero-order valence-electron chi connectivity index (χ0n) is 10.9. The van der Waals surface area contributed by atoms with Crippen molar-refractivity contribution in [3.8, 4) is 0 Å². The first-order valence-electron chi connectivity index (χ1n) is 6.74. The fourth-order valence-electron chi connectivity index (χ4n) is 2.00. The number of alkyl halides is 1. The molecule has 0 bridgehead atoms. The minimum absolute atomic E-state index is 0.491. The molecule has 1 unspecified atom stereocenters. The first kappa shape index (κ1) is 17.2. The van der Waals surface area contributed by atoms with Crippen LogP contribution in [0.2, 0.25) is 0 Å². The second kappa shape index (κ2) is 9.95. The smallest absolute Gasteiger partial charge is 0.0753 e. The molecule has 1 atom stereocenters. The van der Waals surface area contributed by atoms with E-state index in [0.29, 0.717) is 4.83 Å². The molecular weight excluding hydrogens is 440 g/mol. The van der Waals surface area contributed by atoms with Crippen molar-refractivity contribution < 1.29 is 0 Å². The van der Waals surface area contributed by atoms with Crippen LogP contribution >= 0.6 is 59.1 Å². The van der Waals surface area contributed by atoms with Gasteiger partial charge in [0, 0.05) is 4.83 Å². The third-order valence-corrected chi connectivity index (χ3v) is 6.42. The Balaban J connectivity index is 2.14. The predicted molar refractivity (Wildman–Crippen MR) is 94.0 cm³/mol. The summed E-state index contributed by atoms with van der Waals surface area (Å²) in [5, 5.41) is 0. The normalized spacial score (nSPS) is 12.9. The van der Waals surface area contributed by atoms with Gasteiger partial charge in [-0.05, 0) is 49.9 Å². The maximum atomic E-state index is 3.80. The van der Waals surface area contributed by atoms with Crippen LogP contribution < -0.4 is 0 Å². The summed E-state index contributed by atoms with van der Waals surface area (Å²) in [6.45, 7) is 2.27. The van der Waals surface area contributed by atoms with E-state index in [2.05, 4.69) is 60.8 Å². The molecule has 0 fully saturated rings. The monoisotopic (exact) mass is 458 g/mol.